The van der Waals surface area contributed by atoms with Crippen molar-refractivity contribution in [3.05, 3.63) is 29.8 Å². The van der Waals surface area contributed by atoms with Crippen LogP contribution in [0, 0.1) is 17.6 Å². The van der Waals surface area contributed by atoms with Crippen molar-refractivity contribution in [3.63, 3.8) is 0 Å². The molecule has 2 heterocycles. The highest BCUT2D eigenvalue weighted by Crippen LogP contribution is 2.22. The lowest BCUT2D eigenvalue weighted by molar-refractivity contribution is 0.168. The minimum Gasteiger partial charge on any atom is -0.338 e. The number of rotatable bonds is 5. The molecular weight excluding hydrogens is 454 g/mol. The van der Waals surface area contributed by atoms with Crippen molar-refractivity contribution in [1.29, 1.82) is 0 Å². The van der Waals surface area contributed by atoms with Gasteiger partial charge in [-0.1, -0.05) is 0 Å². The highest BCUT2D eigenvalue weighted by molar-refractivity contribution is 7.89. The first-order valence-electron chi connectivity index (χ1n) is 9.91. The summed E-state index contributed by atoms with van der Waals surface area (Å²) in [6.07, 6.45) is 2.48. The average Bonchev–Trinajstić information content (AvgIpc) is 2.73. The van der Waals surface area contributed by atoms with Crippen LogP contribution in [0.5, 0.6) is 0 Å². The molecule has 2 amide bonds. The zero-order valence-corrected chi connectivity index (χ0v) is 18.8. The maximum atomic E-state index is 13.9. The summed E-state index contributed by atoms with van der Waals surface area (Å²) in [4.78, 5) is 13.2. The molecule has 0 unspecified atom stereocenters. The van der Waals surface area contributed by atoms with Crippen LogP contribution >= 0.6 is 0 Å². The van der Waals surface area contributed by atoms with E-state index in [2.05, 4.69) is 5.32 Å². The Labute approximate surface area is 181 Å². The van der Waals surface area contributed by atoms with E-state index in [0.717, 1.165) is 16.4 Å². The molecule has 0 aliphatic carbocycles. The molecule has 0 bridgehead atoms. The van der Waals surface area contributed by atoms with E-state index in [0.29, 0.717) is 38.5 Å². The number of carbonyl (C=O) groups is 1. The maximum absolute atomic E-state index is 13.9. The zero-order valence-electron chi connectivity index (χ0n) is 17.1. The van der Waals surface area contributed by atoms with Gasteiger partial charge in [-0.2, -0.15) is 4.31 Å². The van der Waals surface area contributed by atoms with Gasteiger partial charge in [0.25, 0.3) is 0 Å². The highest BCUT2D eigenvalue weighted by atomic mass is 32.2. The van der Waals surface area contributed by atoms with Crippen molar-refractivity contribution in [2.24, 2.45) is 5.92 Å². The van der Waals surface area contributed by atoms with Gasteiger partial charge in [0.2, 0.25) is 20.0 Å². The number of halogens is 2. The molecule has 0 spiro atoms. The summed E-state index contributed by atoms with van der Waals surface area (Å²) in [5.41, 5.74) is 0. The third-order valence-electron chi connectivity index (χ3n) is 5.62. The number of hydrogen-bond acceptors (Lipinski definition) is 5. The Kier molecular flexibility index (Phi) is 7.18. The first-order valence-corrected chi connectivity index (χ1v) is 13.2. The van der Waals surface area contributed by atoms with E-state index >= 15 is 0 Å². The van der Waals surface area contributed by atoms with E-state index in [-0.39, 0.29) is 38.1 Å². The van der Waals surface area contributed by atoms with Crippen LogP contribution in [-0.4, -0.2) is 88.4 Å². The number of urea groups is 1. The summed E-state index contributed by atoms with van der Waals surface area (Å²) >= 11 is 0. The molecule has 2 fully saturated rings. The monoisotopic (exact) mass is 480 g/mol. The summed E-state index contributed by atoms with van der Waals surface area (Å²) in [6.45, 7) is 1.43. The summed E-state index contributed by atoms with van der Waals surface area (Å²) < 4.78 is 78.1. The van der Waals surface area contributed by atoms with E-state index in [9.17, 15) is 30.4 Å². The Morgan fingerprint density at radius 2 is 1.61 bits per heavy atom. The molecule has 0 radical (unpaired) electrons. The van der Waals surface area contributed by atoms with Crippen molar-refractivity contribution in [2.75, 3.05) is 52.1 Å². The number of benzene rings is 1. The van der Waals surface area contributed by atoms with Gasteiger partial charge >= 0.3 is 6.03 Å². The second kappa shape index (κ2) is 9.35. The van der Waals surface area contributed by atoms with Crippen LogP contribution < -0.4 is 5.32 Å². The normalized spacial score (nSPS) is 20.0. The fourth-order valence-corrected chi connectivity index (χ4v) is 6.11. The molecule has 1 aromatic rings. The fraction of sp³-hybridized carbons (Fsp3) is 0.611. The first kappa shape index (κ1) is 23.8. The predicted octanol–water partition coefficient (Wildman–Crippen LogP) is 0.652. The number of nitrogens with zero attached hydrogens (tertiary/aromatic N) is 3. The maximum Gasteiger partial charge on any atom is 0.317 e. The van der Waals surface area contributed by atoms with E-state index in [1.165, 1.54) is 15.5 Å². The first-order chi connectivity index (χ1) is 14.5. The Hall–Kier alpha value is -1.83. The molecule has 31 heavy (non-hydrogen) atoms. The number of hydrogen-bond donors (Lipinski definition) is 1. The summed E-state index contributed by atoms with van der Waals surface area (Å²) in [6, 6.07) is 1.94. The van der Waals surface area contributed by atoms with Gasteiger partial charge in [0.1, 0.15) is 16.5 Å². The number of amides is 2. The highest BCUT2D eigenvalue weighted by Gasteiger charge is 2.32. The molecule has 0 aromatic heterocycles. The topological polar surface area (TPSA) is 107 Å². The number of piperidine rings is 1. The van der Waals surface area contributed by atoms with Crippen molar-refractivity contribution >= 4 is 26.1 Å². The fourth-order valence-electron chi connectivity index (χ4n) is 3.73. The summed E-state index contributed by atoms with van der Waals surface area (Å²) in [5.74, 6) is -1.71. The van der Waals surface area contributed by atoms with Gasteiger partial charge in [0.05, 0.1) is 6.26 Å². The van der Waals surface area contributed by atoms with Crippen LogP contribution in [0.3, 0.4) is 0 Å². The smallest absolute Gasteiger partial charge is 0.317 e. The molecule has 2 aliphatic rings. The minimum atomic E-state index is -4.20. The van der Waals surface area contributed by atoms with Crippen LogP contribution in [0.2, 0.25) is 0 Å². The Balaban J connectivity index is 1.48. The van der Waals surface area contributed by atoms with Gasteiger partial charge < -0.3 is 10.2 Å². The minimum absolute atomic E-state index is 0.0293. The van der Waals surface area contributed by atoms with Crippen molar-refractivity contribution in [2.45, 2.75) is 17.7 Å². The molecule has 1 N–H and O–H groups in total. The van der Waals surface area contributed by atoms with Crippen molar-refractivity contribution < 1.29 is 30.4 Å². The average molecular weight is 481 g/mol. The third kappa shape index (κ3) is 5.70. The van der Waals surface area contributed by atoms with Crippen LogP contribution in [0.15, 0.2) is 23.1 Å². The number of piperazine rings is 1. The lowest BCUT2D eigenvalue weighted by Gasteiger charge is -2.35. The number of nitrogens with one attached hydrogen (secondary N) is 1. The van der Waals surface area contributed by atoms with Crippen LogP contribution in [-0.2, 0) is 20.0 Å². The third-order valence-corrected chi connectivity index (χ3v) is 8.84. The van der Waals surface area contributed by atoms with Gasteiger partial charge in [-0.25, -0.2) is 34.7 Å². The molecule has 174 valence electrons. The predicted molar refractivity (Wildman–Crippen MR) is 109 cm³/mol. The Morgan fingerprint density at radius 1 is 1.00 bits per heavy atom. The SMILES string of the molecule is CS(=O)(=O)N1CCC(CNC(=O)N2CCN(S(=O)(=O)c3cc(F)ccc3F)CC2)CC1. The number of carbonyl (C=O) groups excluding carboxylic acids is 1. The molecule has 0 saturated carbocycles. The second-order valence-corrected chi connectivity index (χ2v) is 11.6. The molecule has 9 nitrogen and oxygen atoms in total. The Morgan fingerprint density at radius 3 is 2.19 bits per heavy atom. The van der Waals surface area contributed by atoms with E-state index in [1.54, 1.807) is 0 Å². The zero-order chi connectivity index (χ0) is 22.8. The summed E-state index contributed by atoms with van der Waals surface area (Å²) in [5, 5.41) is 2.82. The Bertz CT molecular complexity index is 1020. The van der Waals surface area contributed by atoms with Crippen LogP contribution in [0.1, 0.15) is 12.8 Å². The van der Waals surface area contributed by atoms with Gasteiger partial charge in [0, 0.05) is 45.8 Å². The molecule has 13 heteroatoms. The second-order valence-electron chi connectivity index (χ2n) is 7.76. The van der Waals surface area contributed by atoms with Gasteiger partial charge in [-0.05, 0) is 37.0 Å². The molecule has 0 atom stereocenters. The van der Waals surface area contributed by atoms with E-state index in [1.807, 2.05) is 0 Å². The van der Waals surface area contributed by atoms with E-state index < -0.39 is 36.6 Å². The van der Waals surface area contributed by atoms with Gasteiger partial charge in [-0.3, -0.25) is 0 Å². The number of sulfonamides is 2. The van der Waals surface area contributed by atoms with Gasteiger partial charge in [0.15, 0.2) is 0 Å². The lowest BCUT2D eigenvalue weighted by Crippen LogP contribution is -2.53. The quantitative estimate of drug-likeness (QED) is 0.666. The largest absolute Gasteiger partial charge is 0.338 e. The standard InChI is InChI=1S/C18H26F2N4O5S2/c1-30(26,27)23-6-4-14(5-7-23)13-21-18(25)22-8-10-24(11-9-22)31(28,29)17-12-15(19)2-3-16(17)20/h2-3,12,14H,4-11,13H2,1H3,(H,21,25). The molecule has 1 aromatic carbocycles. The van der Waals surface area contributed by atoms with Crippen molar-refractivity contribution in [3.8, 4) is 0 Å². The van der Waals surface area contributed by atoms with Crippen LogP contribution in [0.4, 0.5) is 13.6 Å². The molecule has 2 saturated heterocycles. The van der Waals surface area contributed by atoms with Crippen molar-refractivity contribution in [1.82, 2.24) is 18.8 Å². The van der Waals surface area contributed by atoms with E-state index in [4.69, 9.17) is 0 Å². The molecule has 2 aliphatic heterocycles. The van der Waals surface area contributed by atoms with Crippen LogP contribution in [0.25, 0.3) is 0 Å². The molecular formula is C18H26F2N4O5S2. The summed E-state index contributed by atoms with van der Waals surface area (Å²) in [7, 11) is -7.41. The van der Waals surface area contributed by atoms with Gasteiger partial charge in [-0.15, -0.1) is 0 Å². The molecule has 3 rings (SSSR count). The lowest BCUT2D eigenvalue weighted by atomic mass is 9.98.